The number of alkyl carbamates (subject to hydrolysis) is 1. The maximum Gasteiger partial charge on any atom is 0.407 e. The molecule has 2 atom stereocenters. The molecule has 1 aliphatic carbocycles. The van der Waals surface area contributed by atoms with Crippen LogP contribution >= 0.6 is 0 Å². The second kappa shape index (κ2) is 6.72. The molecule has 0 spiro atoms. The van der Waals surface area contributed by atoms with Gasteiger partial charge in [-0.2, -0.15) is 0 Å². The molecule has 1 amide bonds. The lowest BCUT2D eigenvalue weighted by molar-refractivity contribution is -0.152. The van der Waals surface area contributed by atoms with E-state index in [2.05, 4.69) is 5.32 Å². The predicted molar refractivity (Wildman–Crippen MR) is 72.1 cm³/mol. The molecule has 20 heavy (non-hydrogen) atoms. The van der Waals surface area contributed by atoms with Crippen LogP contribution in [0.25, 0.3) is 0 Å². The van der Waals surface area contributed by atoms with E-state index < -0.39 is 29.6 Å². The highest BCUT2D eigenvalue weighted by Gasteiger charge is 2.37. The van der Waals surface area contributed by atoms with Gasteiger partial charge in [0, 0.05) is 18.9 Å². The quantitative estimate of drug-likeness (QED) is 0.800. The van der Waals surface area contributed by atoms with E-state index in [1.165, 1.54) is 0 Å². The highest BCUT2D eigenvalue weighted by molar-refractivity contribution is 5.87. The van der Waals surface area contributed by atoms with Crippen molar-refractivity contribution in [2.24, 2.45) is 5.92 Å². The lowest BCUT2D eigenvalue weighted by Crippen LogP contribution is -2.48. The summed E-state index contributed by atoms with van der Waals surface area (Å²) in [5.41, 5.74) is -0.603. The molecule has 1 N–H and O–H groups in total. The maximum absolute atomic E-state index is 11.9. The predicted octanol–water partition coefficient (Wildman–Crippen LogP) is 1.81. The van der Waals surface area contributed by atoms with Crippen LogP contribution in [0, 0.1) is 5.92 Å². The zero-order valence-corrected chi connectivity index (χ0v) is 12.5. The smallest absolute Gasteiger partial charge is 0.407 e. The molecule has 0 radical (unpaired) electrons. The topological polar surface area (TPSA) is 81.7 Å². The maximum atomic E-state index is 11.9. The Hall–Kier alpha value is -1.59. The van der Waals surface area contributed by atoms with E-state index >= 15 is 0 Å². The highest BCUT2D eigenvalue weighted by atomic mass is 16.6. The van der Waals surface area contributed by atoms with Crippen LogP contribution in [0.4, 0.5) is 4.79 Å². The summed E-state index contributed by atoms with van der Waals surface area (Å²) < 4.78 is 10.1. The molecule has 6 nitrogen and oxygen atoms in total. The molecule has 0 aromatic carbocycles. The molecule has 0 aromatic rings. The number of rotatable bonds is 3. The Morgan fingerprint density at radius 2 is 2.00 bits per heavy atom. The van der Waals surface area contributed by atoms with Crippen molar-refractivity contribution in [3.63, 3.8) is 0 Å². The van der Waals surface area contributed by atoms with E-state index in [0.29, 0.717) is 12.8 Å². The van der Waals surface area contributed by atoms with Gasteiger partial charge in [-0.1, -0.05) is 0 Å². The fraction of sp³-hybridized carbons (Fsp3) is 0.786. The van der Waals surface area contributed by atoms with Gasteiger partial charge in [0.05, 0.1) is 12.5 Å². The molecule has 1 fully saturated rings. The third-order valence-corrected chi connectivity index (χ3v) is 2.96. The summed E-state index contributed by atoms with van der Waals surface area (Å²) in [5, 5.41) is 2.67. The molecule has 0 aliphatic heterocycles. The van der Waals surface area contributed by atoms with Crippen molar-refractivity contribution in [2.75, 3.05) is 6.61 Å². The highest BCUT2D eigenvalue weighted by Crippen LogP contribution is 2.24. The Morgan fingerprint density at radius 1 is 1.35 bits per heavy atom. The van der Waals surface area contributed by atoms with Crippen LogP contribution in [0.5, 0.6) is 0 Å². The Kier molecular flexibility index (Phi) is 5.53. The summed E-state index contributed by atoms with van der Waals surface area (Å²) in [6, 6.07) is -0.415. The van der Waals surface area contributed by atoms with E-state index in [9.17, 15) is 14.4 Å². The van der Waals surface area contributed by atoms with Gasteiger partial charge in [-0.05, 0) is 34.1 Å². The third-order valence-electron chi connectivity index (χ3n) is 2.96. The molecule has 1 rings (SSSR count). The number of carbonyl (C=O) groups excluding carboxylic acids is 3. The summed E-state index contributed by atoms with van der Waals surface area (Å²) in [6.07, 6.45) is 0.322. The van der Waals surface area contributed by atoms with Gasteiger partial charge in [0.1, 0.15) is 11.4 Å². The van der Waals surface area contributed by atoms with Crippen molar-refractivity contribution in [3.8, 4) is 0 Å². The van der Waals surface area contributed by atoms with E-state index in [1.54, 1.807) is 27.7 Å². The fourth-order valence-corrected chi connectivity index (χ4v) is 2.14. The number of esters is 1. The minimum atomic E-state index is -0.622. The Labute approximate surface area is 119 Å². The minimum Gasteiger partial charge on any atom is -0.466 e. The van der Waals surface area contributed by atoms with Crippen molar-refractivity contribution in [1.82, 2.24) is 5.32 Å². The first-order valence-electron chi connectivity index (χ1n) is 6.90. The van der Waals surface area contributed by atoms with Crippen molar-refractivity contribution < 1.29 is 23.9 Å². The van der Waals surface area contributed by atoms with Crippen LogP contribution in [0.3, 0.4) is 0 Å². The molecule has 0 heterocycles. The molecule has 1 aliphatic rings. The number of hydrogen-bond acceptors (Lipinski definition) is 5. The largest absolute Gasteiger partial charge is 0.466 e. The molecule has 114 valence electrons. The fourth-order valence-electron chi connectivity index (χ4n) is 2.14. The minimum absolute atomic E-state index is 0.0188. The molecular formula is C14H23NO5. The number of hydrogen-bond donors (Lipinski definition) is 1. The summed E-state index contributed by atoms with van der Waals surface area (Å²) in [6.45, 7) is 7.25. The van der Waals surface area contributed by atoms with E-state index in [1.807, 2.05) is 0 Å². The van der Waals surface area contributed by atoms with Crippen LogP contribution in [0.2, 0.25) is 0 Å². The molecule has 0 unspecified atom stereocenters. The lowest BCUT2D eigenvalue weighted by atomic mass is 9.84. The molecule has 6 heteroatoms. The first-order chi connectivity index (χ1) is 9.23. The monoisotopic (exact) mass is 285 g/mol. The number of ketones is 1. The number of Topliss-reactive ketones (excluding diaryl/α,β-unsaturated/α-hetero) is 1. The van der Waals surface area contributed by atoms with Crippen LogP contribution in [-0.2, 0) is 19.1 Å². The summed E-state index contributed by atoms with van der Waals surface area (Å²) in [5.74, 6) is -1.05. The van der Waals surface area contributed by atoms with Gasteiger partial charge in [-0.25, -0.2) is 4.79 Å². The van der Waals surface area contributed by atoms with Crippen molar-refractivity contribution in [1.29, 1.82) is 0 Å². The number of ether oxygens (including phenoxy) is 2. The van der Waals surface area contributed by atoms with Crippen molar-refractivity contribution in [3.05, 3.63) is 0 Å². The van der Waals surface area contributed by atoms with Gasteiger partial charge in [-0.15, -0.1) is 0 Å². The van der Waals surface area contributed by atoms with Gasteiger partial charge in [0.25, 0.3) is 0 Å². The molecule has 0 bridgehead atoms. The van der Waals surface area contributed by atoms with Crippen LogP contribution < -0.4 is 5.32 Å². The van der Waals surface area contributed by atoms with Gasteiger partial charge >= 0.3 is 12.1 Å². The van der Waals surface area contributed by atoms with Gasteiger partial charge in [0.2, 0.25) is 0 Å². The van der Waals surface area contributed by atoms with Crippen LogP contribution in [0.15, 0.2) is 0 Å². The summed E-state index contributed by atoms with van der Waals surface area (Å²) >= 11 is 0. The zero-order chi connectivity index (χ0) is 15.3. The first-order valence-corrected chi connectivity index (χ1v) is 6.90. The number of carbonyl (C=O) groups is 3. The van der Waals surface area contributed by atoms with Gasteiger partial charge in [-0.3, -0.25) is 9.59 Å². The second-order valence-corrected chi connectivity index (χ2v) is 5.89. The third kappa shape index (κ3) is 5.19. The Bertz CT molecular complexity index is 386. The normalized spacial score (nSPS) is 23.1. The summed E-state index contributed by atoms with van der Waals surface area (Å²) in [7, 11) is 0. The summed E-state index contributed by atoms with van der Waals surface area (Å²) in [4.78, 5) is 35.1. The average Bonchev–Trinajstić information content (AvgIpc) is 2.29. The van der Waals surface area contributed by atoms with Crippen molar-refractivity contribution in [2.45, 2.75) is 58.6 Å². The van der Waals surface area contributed by atoms with E-state index in [-0.39, 0.29) is 18.8 Å². The lowest BCUT2D eigenvalue weighted by Gasteiger charge is -2.30. The first kappa shape index (κ1) is 16.5. The second-order valence-electron chi connectivity index (χ2n) is 5.89. The van der Waals surface area contributed by atoms with Crippen LogP contribution in [0.1, 0.15) is 47.0 Å². The molecule has 0 aromatic heterocycles. The van der Waals surface area contributed by atoms with Gasteiger partial charge in [0.15, 0.2) is 0 Å². The molecular weight excluding hydrogens is 262 g/mol. The van der Waals surface area contributed by atoms with E-state index in [0.717, 1.165) is 0 Å². The van der Waals surface area contributed by atoms with Crippen LogP contribution in [-0.4, -0.2) is 36.1 Å². The molecule has 1 saturated carbocycles. The SMILES string of the molecule is CCOC(=O)[C@H]1CC(=O)CC[C@@H]1NC(=O)OC(C)(C)C. The average molecular weight is 285 g/mol. The Balaban J connectivity index is 2.67. The van der Waals surface area contributed by atoms with Crippen molar-refractivity contribution >= 4 is 17.8 Å². The number of amides is 1. The van der Waals surface area contributed by atoms with E-state index in [4.69, 9.17) is 9.47 Å². The number of nitrogens with one attached hydrogen (secondary N) is 1. The molecule has 0 saturated heterocycles. The van der Waals surface area contributed by atoms with Gasteiger partial charge < -0.3 is 14.8 Å². The zero-order valence-electron chi connectivity index (χ0n) is 12.5. The standard InChI is InChI=1S/C14H23NO5/c1-5-19-12(17)10-8-9(16)6-7-11(10)15-13(18)20-14(2,3)4/h10-11H,5-8H2,1-4H3,(H,15,18)/t10-,11-/m0/s1. The Morgan fingerprint density at radius 3 is 2.55 bits per heavy atom.